The number of esters is 1. The van der Waals surface area contributed by atoms with Crippen molar-refractivity contribution in [3.05, 3.63) is 35.9 Å². The van der Waals surface area contributed by atoms with Crippen LogP contribution in [0.5, 0.6) is 0 Å². The minimum Gasteiger partial charge on any atom is -0.462 e. The molecule has 0 amide bonds. The lowest BCUT2D eigenvalue weighted by Crippen LogP contribution is -2.29. The number of rotatable bonds is 8. The lowest BCUT2D eigenvalue weighted by molar-refractivity contribution is -0.191. The fourth-order valence-corrected chi connectivity index (χ4v) is 5.40. The SMILES string of the molecule is C[C@@H]1C[C@@H]2OC(=O)C[C@@H]2[C@H]1CC[C@H](CCc1ccccc1)OC1CCCCO1. The van der Waals surface area contributed by atoms with Gasteiger partial charge in [-0.2, -0.15) is 0 Å². The molecule has 4 heteroatoms. The number of benzene rings is 1. The Morgan fingerprint density at radius 1 is 1.18 bits per heavy atom. The molecule has 2 heterocycles. The zero-order chi connectivity index (χ0) is 19.3. The summed E-state index contributed by atoms with van der Waals surface area (Å²) in [5, 5.41) is 0. The molecule has 0 spiro atoms. The van der Waals surface area contributed by atoms with Crippen molar-refractivity contribution in [1.82, 2.24) is 0 Å². The molecule has 4 nitrogen and oxygen atoms in total. The summed E-state index contributed by atoms with van der Waals surface area (Å²) in [6.45, 7) is 3.14. The average molecular weight is 387 g/mol. The van der Waals surface area contributed by atoms with Crippen LogP contribution < -0.4 is 0 Å². The van der Waals surface area contributed by atoms with Crippen molar-refractivity contribution in [3.8, 4) is 0 Å². The van der Waals surface area contributed by atoms with E-state index in [1.807, 2.05) is 0 Å². The summed E-state index contributed by atoms with van der Waals surface area (Å²) >= 11 is 0. The van der Waals surface area contributed by atoms with E-state index in [0.29, 0.717) is 24.2 Å². The minimum absolute atomic E-state index is 0.000571. The number of carbonyl (C=O) groups is 1. The van der Waals surface area contributed by atoms with Crippen molar-refractivity contribution in [2.24, 2.45) is 17.8 Å². The van der Waals surface area contributed by atoms with E-state index >= 15 is 0 Å². The van der Waals surface area contributed by atoms with Gasteiger partial charge in [0.2, 0.25) is 0 Å². The Morgan fingerprint density at radius 3 is 2.82 bits per heavy atom. The fraction of sp³-hybridized carbons (Fsp3) is 0.708. The summed E-state index contributed by atoms with van der Waals surface area (Å²) in [4.78, 5) is 11.7. The topological polar surface area (TPSA) is 44.8 Å². The molecule has 1 unspecified atom stereocenters. The van der Waals surface area contributed by atoms with Crippen LogP contribution in [0.2, 0.25) is 0 Å². The molecule has 1 aliphatic carbocycles. The van der Waals surface area contributed by atoms with Gasteiger partial charge in [-0.15, -0.1) is 0 Å². The normalized spacial score (nSPS) is 33.5. The number of carbonyl (C=O) groups excluding carboxylic acids is 1. The molecule has 1 saturated carbocycles. The lowest BCUT2D eigenvalue weighted by atomic mass is 9.83. The van der Waals surface area contributed by atoms with Crippen LogP contribution in [0.15, 0.2) is 30.3 Å². The van der Waals surface area contributed by atoms with E-state index in [2.05, 4.69) is 37.3 Å². The van der Waals surface area contributed by atoms with E-state index < -0.39 is 0 Å². The van der Waals surface area contributed by atoms with E-state index in [1.54, 1.807) is 0 Å². The summed E-state index contributed by atoms with van der Waals surface area (Å²) < 4.78 is 17.8. The van der Waals surface area contributed by atoms with Crippen LogP contribution in [0.4, 0.5) is 0 Å². The van der Waals surface area contributed by atoms with Crippen LogP contribution in [0, 0.1) is 17.8 Å². The van der Waals surface area contributed by atoms with E-state index in [0.717, 1.165) is 51.6 Å². The molecule has 1 aromatic rings. The van der Waals surface area contributed by atoms with Crippen LogP contribution in [0.3, 0.4) is 0 Å². The van der Waals surface area contributed by atoms with Gasteiger partial charge in [-0.3, -0.25) is 4.79 Å². The van der Waals surface area contributed by atoms with Gasteiger partial charge >= 0.3 is 5.97 Å². The lowest BCUT2D eigenvalue weighted by Gasteiger charge is -2.29. The summed E-state index contributed by atoms with van der Waals surface area (Å²) in [7, 11) is 0. The molecule has 3 aliphatic rings. The van der Waals surface area contributed by atoms with Crippen molar-refractivity contribution >= 4 is 5.97 Å². The van der Waals surface area contributed by atoms with Crippen LogP contribution >= 0.6 is 0 Å². The molecule has 28 heavy (non-hydrogen) atoms. The second-order valence-electron chi connectivity index (χ2n) is 8.93. The van der Waals surface area contributed by atoms with E-state index in [1.165, 1.54) is 12.0 Å². The summed E-state index contributed by atoms with van der Waals surface area (Å²) in [6.07, 6.45) is 9.54. The Bertz CT molecular complexity index is 625. The highest BCUT2D eigenvalue weighted by molar-refractivity contribution is 5.72. The first-order valence-electron chi connectivity index (χ1n) is 11.2. The van der Waals surface area contributed by atoms with Gasteiger partial charge in [-0.1, -0.05) is 37.3 Å². The molecular weight excluding hydrogens is 352 g/mol. The zero-order valence-electron chi connectivity index (χ0n) is 17.1. The average Bonchev–Trinajstić information content (AvgIpc) is 3.20. The van der Waals surface area contributed by atoms with Crippen molar-refractivity contribution < 1.29 is 19.0 Å². The standard InChI is InChI=1S/C24H34O4/c1-17-15-22-21(16-23(25)28-22)20(17)13-12-19(27-24-9-5-6-14-26-24)11-10-18-7-3-2-4-8-18/h2-4,7-8,17,19-22,24H,5-6,9-16H2,1H3/t17-,19+,20+,21-,22+,24?/m1/s1. The molecule has 0 bridgehead atoms. The third kappa shape index (κ3) is 4.96. The Hall–Kier alpha value is -1.39. The predicted molar refractivity (Wildman–Crippen MR) is 108 cm³/mol. The second-order valence-corrected chi connectivity index (χ2v) is 8.93. The van der Waals surface area contributed by atoms with Crippen LogP contribution in [-0.2, 0) is 25.4 Å². The van der Waals surface area contributed by atoms with Gasteiger partial charge in [0.25, 0.3) is 0 Å². The Kier molecular flexibility index (Phi) is 6.69. The van der Waals surface area contributed by atoms with Gasteiger partial charge in [0.1, 0.15) is 6.10 Å². The zero-order valence-corrected chi connectivity index (χ0v) is 17.1. The van der Waals surface area contributed by atoms with Crippen LogP contribution in [0.25, 0.3) is 0 Å². The Labute approximate surface area is 168 Å². The van der Waals surface area contributed by atoms with Crippen molar-refractivity contribution in [2.45, 2.75) is 83.2 Å². The highest BCUT2D eigenvalue weighted by atomic mass is 16.7. The highest BCUT2D eigenvalue weighted by Crippen LogP contribution is 2.47. The molecule has 2 aliphatic heterocycles. The van der Waals surface area contributed by atoms with Gasteiger partial charge < -0.3 is 14.2 Å². The molecule has 0 N–H and O–H groups in total. The van der Waals surface area contributed by atoms with Crippen molar-refractivity contribution in [3.63, 3.8) is 0 Å². The minimum atomic E-state index is -0.0420. The van der Waals surface area contributed by atoms with E-state index in [-0.39, 0.29) is 24.5 Å². The first kappa shape index (κ1) is 19.9. The quantitative estimate of drug-likeness (QED) is 0.596. The van der Waals surface area contributed by atoms with Gasteiger partial charge in [0, 0.05) is 12.5 Å². The summed E-state index contributed by atoms with van der Waals surface area (Å²) in [6, 6.07) is 10.7. The van der Waals surface area contributed by atoms with E-state index in [4.69, 9.17) is 14.2 Å². The first-order valence-corrected chi connectivity index (χ1v) is 11.2. The van der Waals surface area contributed by atoms with Crippen molar-refractivity contribution in [2.75, 3.05) is 6.61 Å². The number of hydrogen-bond acceptors (Lipinski definition) is 4. The summed E-state index contributed by atoms with van der Waals surface area (Å²) in [5.41, 5.74) is 1.37. The molecule has 2 saturated heterocycles. The third-order valence-electron chi connectivity index (χ3n) is 6.95. The monoisotopic (exact) mass is 386 g/mol. The van der Waals surface area contributed by atoms with E-state index in [9.17, 15) is 4.79 Å². The molecule has 0 radical (unpaired) electrons. The Morgan fingerprint density at radius 2 is 2.04 bits per heavy atom. The first-order chi connectivity index (χ1) is 13.7. The maximum Gasteiger partial charge on any atom is 0.306 e. The van der Waals surface area contributed by atoms with Gasteiger partial charge in [0.15, 0.2) is 6.29 Å². The molecule has 154 valence electrons. The maximum atomic E-state index is 11.7. The smallest absolute Gasteiger partial charge is 0.306 e. The fourth-order valence-electron chi connectivity index (χ4n) is 5.40. The molecule has 1 aromatic carbocycles. The van der Waals surface area contributed by atoms with Crippen LogP contribution in [-0.4, -0.2) is 31.1 Å². The number of hydrogen-bond donors (Lipinski definition) is 0. The second kappa shape index (κ2) is 9.41. The molecule has 6 atom stereocenters. The van der Waals surface area contributed by atoms with Crippen LogP contribution in [0.1, 0.15) is 63.9 Å². The van der Waals surface area contributed by atoms with Gasteiger partial charge in [-0.25, -0.2) is 0 Å². The highest BCUT2D eigenvalue weighted by Gasteiger charge is 2.48. The molecular formula is C24H34O4. The molecule has 3 fully saturated rings. The third-order valence-corrected chi connectivity index (χ3v) is 6.95. The Balaban J connectivity index is 1.34. The number of ether oxygens (including phenoxy) is 3. The van der Waals surface area contributed by atoms with Gasteiger partial charge in [-0.05, 0) is 68.8 Å². The summed E-state index contributed by atoms with van der Waals surface area (Å²) in [5.74, 6) is 1.62. The number of fused-ring (bicyclic) bond motifs is 1. The molecule has 0 aromatic heterocycles. The molecule has 4 rings (SSSR count). The largest absolute Gasteiger partial charge is 0.462 e. The predicted octanol–water partition coefficient (Wildman–Crippen LogP) is 4.90. The van der Waals surface area contributed by atoms with Crippen molar-refractivity contribution in [1.29, 1.82) is 0 Å². The number of aryl methyl sites for hydroxylation is 1. The van der Waals surface area contributed by atoms with Gasteiger partial charge in [0.05, 0.1) is 12.5 Å². The maximum absolute atomic E-state index is 11.7.